The molecule has 0 aromatic heterocycles. The minimum absolute atomic E-state index is 0.0510. The van der Waals surface area contributed by atoms with Crippen molar-refractivity contribution in [2.24, 2.45) is 5.92 Å². The molecule has 0 fully saturated rings. The first-order chi connectivity index (χ1) is 8.40. The van der Waals surface area contributed by atoms with Crippen LogP contribution in [0.25, 0.3) is 0 Å². The largest absolute Gasteiger partial charge is 0.399 e. The summed E-state index contributed by atoms with van der Waals surface area (Å²) in [6, 6.07) is 7.90. The van der Waals surface area contributed by atoms with Crippen LogP contribution in [0.4, 0.5) is 5.69 Å². The first-order valence-corrected chi connectivity index (χ1v) is 6.54. The highest BCUT2D eigenvalue weighted by Gasteiger charge is 2.21. The van der Waals surface area contributed by atoms with Crippen molar-refractivity contribution in [1.29, 1.82) is 0 Å². The monoisotopic (exact) mass is 248 g/mol. The number of rotatable bonds is 6. The molecule has 0 saturated carbocycles. The Morgan fingerprint density at radius 1 is 1.17 bits per heavy atom. The summed E-state index contributed by atoms with van der Waals surface area (Å²) in [5.74, 6) is 0.315. The van der Waals surface area contributed by atoms with Crippen LogP contribution in [0.2, 0.25) is 0 Å². The molecule has 0 saturated heterocycles. The van der Waals surface area contributed by atoms with E-state index in [-0.39, 0.29) is 17.7 Å². The summed E-state index contributed by atoms with van der Waals surface area (Å²) < 4.78 is 0. The lowest BCUT2D eigenvalue weighted by Gasteiger charge is -2.22. The second-order valence-corrected chi connectivity index (χ2v) is 5.38. The molecule has 3 N–H and O–H groups in total. The normalized spacial score (nSPS) is 13.0. The zero-order valence-electron chi connectivity index (χ0n) is 11.7. The Kier molecular flexibility index (Phi) is 5.35. The Bertz CT molecular complexity index is 382. The summed E-state index contributed by atoms with van der Waals surface area (Å²) in [7, 11) is 0. The second kappa shape index (κ2) is 6.55. The lowest BCUT2D eigenvalue weighted by molar-refractivity contribution is -0.124. The maximum Gasteiger partial charge on any atom is 0.152 e. The number of hydrogen-bond acceptors (Lipinski definition) is 3. The van der Waals surface area contributed by atoms with Gasteiger partial charge in [-0.15, -0.1) is 0 Å². The number of ketones is 1. The van der Waals surface area contributed by atoms with Gasteiger partial charge in [-0.3, -0.25) is 4.79 Å². The van der Waals surface area contributed by atoms with Crippen LogP contribution in [0.15, 0.2) is 24.3 Å². The Morgan fingerprint density at radius 2 is 1.72 bits per heavy atom. The molecule has 0 radical (unpaired) electrons. The van der Waals surface area contributed by atoms with E-state index in [1.54, 1.807) is 0 Å². The van der Waals surface area contributed by atoms with Gasteiger partial charge in [0.15, 0.2) is 5.78 Å². The van der Waals surface area contributed by atoms with Gasteiger partial charge in [-0.05, 0) is 24.1 Å². The van der Waals surface area contributed by atoms with Gasteiger partial charge >= 0.3 is 0 Å². The van der Waals surface area contributed by atoms with E-state index in [2.05, 4.69) is 19.2 Å². The summed E-state index contributed by atoms with van der Waals surface area (Å²) in [6.07, 6.45) is 0.718. The summed E-state index contributed by atoms with van der Waals surface area (Å²) in [6.45, 7) is 8.01. The highest BCUT2D eigenvalue weighted by Crippen LogP contribution is 2.11. The molecule has 0 aliphatic rings. The number of carbonyl (C=O) groups excluding carboxylic acids is 1. The predicted molar refractivity (Wildman–Crippen MR) is 76.5 cm³/mol. The predicted octanol–water partition coefficient (Wildman–Crippen LogP) is 2.40. The Morgan fingerprint density at radius 3 is 2.17 bits per heavy atom. The number of anilines is 1. The zero-order valence-corrected chi connectivity index (χ0v) is 11.7. The zero-order chi connectivity index (χ0) is 13.7. The van der Waals surface area contributed by atoms with Gasteiger partial charge in [0, 0.05) is 17.6 Å². The molecule has 0 aliphatic carbocycles. The third kappa shape index (κ3) is 4.49. The van der Waals surface area contributed by atoms with Crippen molar-refractivity contribution in [2.75, 3.05) is 5.73 Å². The molecule has 1 atom stereocenters. The summed E-state index contributed by atoms with van der Waals surface area (Å²) in [4.78, 5) is 12.2. The standard InChI is InChI=1S/C15H24N2O/c1-10(2)15(18)14(17-11(3)4)9-12-5-7-13(16)8-6-12/h5-8,10-11,14,17H,9,16H2,1-4H3. The van der Waals surface area contributed by atoms with Crippen LogP contribution in [0.5, 0.6) is 0 Å². The molecule has 0 bridgehead atoms. The Labute approximate surface area is 110 Å². The first kappa shape index (κ1) is 14.7. The van der Waals surface area contributed by atoms with Crippen LogP contribution < -0.4 is 11.1 Å². The number of hydrogen-bond donors (Lipinski definition) is 2. The van der Waals surface area contributed by atoms with E-state index in [0.29, 0.717) is 6.04 Å². The summed E-state index contributed by atoms with van der Waals surface area (Å²) in [5, 5.41) is 3.34. The second-order valence-electron chi connectivity index (χ2n) is 5.38. The lowest BCUT2D eigenvalue weighted by atomic mass is 9.95. The molecule has 1 rings (SSSR count). The van der Waals surface area contributed by atoms with Crippen molar-refractivity contribution in [1.82, 2.24) is 5.32 Å². The van der Waals surface area contributed by atoms with E-state index in [0.717, 1.165) is 17.7 Å². The van der Waals surface area contributed by atoms with Crippen molar-refractivity contribution in [3.05, 3.63) is 29.8 Å². The minimum Gasteiger partial charge on any atom is -0.399 e. The lowest BCUT2D eigenvalue weighted by Crippen LogP contribution is -2.44. The smallest absolute Gasteiger partial charge is 0.152 e. The van der Waals surface area contributed by atoms with Crippen LogP contribution in [-0.2, 0) is 11.2 Å². The molecule has 3 nitrogen and oxygen atoms in total. The van der Waals surface area contributed by atoms with Gasteiger partial charge in [-0.25, -0.2) is 0 Å². The van der Waals surface area contributed by atoms with E-state index < -0.39 is 0 Å². The topological polar surface area (TPSA) is 55.1 Å². The molecule has 0 heterocycles. The molecule has 1 unspecified atom stereocenters. The van der Waals surface area contributed by atoms with Gasteiger partial charge in [-0.1, -0.05) is 39.8 Å². The molecule has 18 heavy (non-hydrogen) atoms. The average molecular weight is 248 g/mol. The van der Waals surface area contributed by atoms with E-state index >= 15 is 0 Å². The third-order valence-electron chi connectivity index (χ3n) is 2.87. The number of carbonyl (C=O) groups is 1. The maximum atomic E-state index is 12.2. The first-order valence-electron chi connectivity index (χ1n) is 6.54. The maximum absolute atomic E-state index is 12.2. The van der Waals surface area contributed by atoms with E-state index in [1.165, 1.54) is 0 Å². The average Bonchev–Trinajstić information content (AvgIpc) is 2.29. The van der Waals surface area contributed by atoms with Gasteiger partial charge in [0.25, 0.3) is 0 Å². The van der Waals surface area contributed by atoms with Crippen molar-refractivity contribution in [2.45, 2.75) is 46.2 Å². The molecular weight excluding hydrogens is 224 g/mol. The van der Waals surface area contributed by atoms with Gasteiger partial charge in [0.05, 0.1) is 6.04 Å². The van der Waals surface area contributed by atoms with E-state index in [9.17, 15) is 4.79 Å². The fraction of sp³-hybridized carbons (Fsp3) is 0.533. The summed E-state index contributed by atoms with van der Waals surface area (Å²) in [5.41, 5.74) is 7.55. The highest BCUT2D eigenvalue weighted by atomic mass is 16.1. The Balaban J connectivity index is 2.77. The van der Waals surface area contributed by atoms with Gasteiger partial charge in [-0.2, -0.15) is 0 Å². The van der Waals surface area contributed by atoms with Crippen molar-refractivity contribution < 1.29 is 4.79 Å². The van der Waals surface area contributed by atoms with E-state index in [1.807, 2.05) is 38.1 Å². The Hall–Kier alpha value is -1.35. The molecule has 3 heteroatoms. The van der Waals surface area contributed by atoms with Gasteiger partial charge in [0.1, 0.15) is 0 Å². The van der Waals surface area contributed by atoms with Crippen LogP contribution in [0, 0.1) is 5.92 Å². The molecule has 1 aromatic carbocycles. The van der Waals surface area contributed by atoms with Crippen LogP contribution in [0.3, 0.4) is 0 Å². The SMILES string of the molecule is CC(C)NC(Cc1ccc(N)cc1)C(=O)C(C)C. The molecule has 0 amide bonds. The van der Waals surface area contributed by atoms with E-state index in [4.69, 9.17) is 5.73 Å². The van der Waals surface area contributed by atoms with Gasteiger partial charge < -0.3 is 11.1 Å². The number of nitrogens with one attached hydrogen (secondary N) is 1. The number of benzene rings is 1. The van der Waals surface area contributed by atoms with Crippen molar-refractivity contribution >= 4 is 11.5 Å². The van der Waals surface area contributed by atoms with Crippen molar-refractivity contribution in [3.8, 4) is 0 Å². The van der Waals surface area contributed by atoms with Crippen LogP contribution >= 0.6 is 0 Å². The number of Topliss-reactive ketones (excluding diaryl/α,β-unsaturated/α-hetero) is 1. The third-order valence-corrected chi connectivity index (χ3v) is 2.87. The molecule has 0 aliphatic heterocycles. The summed E-state index contributed by atoms with van der Waals surface area (Å²) >= 11 is 0. The number of nitrogens with two attached hydrogens (primary N) is 1. The van der Waals surface area contributed by atoms with Gasteiger partial charge in [0.2, 0.25) is 0 Å². The highest BCUT2D eigenvalue weighted by molar-refractivity contribution is 5.86. The van der Waals surface area contributed by atoms with Crippen molar-refractivity contribution in [3.63, 3.8) is 0 Å². The van der Waals surface area contributed by atoms with Crippen LogP contribution in [-0.4, -0.2) is 17.9 Å². The minimum atomic E-state index is -0.117. The number of nitrogen functional groups attached to an aromatic ring is 1. The molecule has 1 aromatic rings. The molecule has 100 valence electrons. The van der Waals surface area contributed by atoms with Crippen LogP contribution in [0.1, 0.15) is 33.3 Å². The fourth-order valence-electron chi connectivity index (χ4n) is 1.94. The quantitative estimate of drug-likeness (QED) is 0.760. The fourth-order valence-corrected chi connectivity index (χ4v) is 1.94. The molecule has 0 spiro atoms. The molecular formula is C15H24N2O.